The van der Waals surface area contributed by atoms with Gasteiger partial charge in [0.25, 0.3) is 5.91 Å². The first-order valence-electron chi connectivity index (χ1n) is 8.63. The molecule has 28 heavy (non-hydrogen) atoms. The fraction of sp³-hybridized carbons (Fsp3) is 0.300. The maximum Gasteiger partial charge on any atom is 0.255 e. The van der Waals surface area contributed by atoms with Crippen molar-refractivity contribution in [3.8, 4) is 24.0 Å². The van der Waals surface area contributed by atoms with Gasteiger partial charge in [-0.2, -0.15) is 15.8 Å². The lowest BCUT2D eigenvalue weighted by Gasteiger charge is -2.42. The Balaban J connectivity index is 2.09. The highest BCUT2D eigenvalue weighted by molar-refractivity contribution is 5.75. The number of ether oxygens (including phenoxy) is 1. The van der Waals surface area contributed by atoms with Crippen molar-refractivity contribution in [2.45, 2.75) is 5.92 Å². The molecule has 0 unspecified atom stereocenters. The number of nitrogens with zero attached hydrogens (tertiary/aromatic N) is 3. The van der Waals surface area contributed by atoms with Crippen molar-refractivity contribution in [2.75, 3.05) is 19.7 Å². The number of amides is 1. The maximum absolute atomic E-state index is 10.9. The van der Waals surface area contributed by atoms with Gasteiger partial charge in [-0.05, 0) is 23.3 Å². The average molecular weight is 374 g/mol. The van der Waals surface area contributed by atoms with Crippen LogP contribution in [-0.4, -0.2) is 25.6 Å². The summed E-state index contributed by atoms with van der Waals surface area (Å²) in [6.45, 7) is 0.810. The van der Waals surface area contributed by atoms with Crippen molar-refractivity contribution in [1.29, 1.82) is 15.8 Å². The Morgan fingerprint density at radius 2 is 1.93 bits per heavy atom. The summed E-state index contributed by atoms with van der Waals surface area (Å²) < 4.78 is 5.27. The van der Waals surface area contributed by atoms with Crippen LogP contribution < -0.4 is 21.5 Å². The van der Waals surface area contributed by atoms with Crippen molar-refractivity contribution >= 4 is 5.91 Å². The smallest absolute Gasteiger partial charge is 0.255 e. The van der Waals surface area contributed by atoms with Crippen molar-refractivity contribution in [3.05, 3.63) is 52.7 Å². The van der Waals surface area contributed by atoms with E-state index in [9.17, 15) is 20.6 Å². The van der Waals surface area contributed by atoms with Gasteiger partial charge in [-0.3, -0.25) is 4.79 Å². The third kappa shape index (κ3) is 2.95. The second-order valence-corrected chi connectivity index (χ2v) is 6.64. The molecule has 0 aromatic heterocycles. The van der Waals surface area contributed by atoms with E-state index in [0.29, 0.717) is 24.4 Å². The molecule has 1 aromatic rings. The number of benzene rings is 1. The maximum atomic E-state index is 10.9. The van der Waals surface area contributed by atoms with Crippen LogP contribution in [0.25, 0.3) is 0 Å². The molecule has 140 valence electrons. The first kappa shape index (κ1) is 19.0. The zero-order chi connectivity index (χ0) is 20.3. The molecule has 2 atom stereocenters. The van der Waals surface area contributed by atoms with Crippen molar-refractivity contribution in [1.82, 2.24) is 5.32 Å². The summed E-state index contributed by atoms with van der Waals surface area (Å²) in [5.74, 6) is -0.766. The van der Waals surface area contributed by atoms with E-state index in [-0.39, 0.29) is 23.8 Å². The lowest BCUT2D eigenvalue weighted by atomic mass is 9.60. The Labute approximate surface area is 162 Å². The normalized spacial score (nSPS) is 22.7. The van der Waals surface area contributed by atoms with Crippen molar-refractivity contribution in [3.63, 3.8) is 0 Å². The Morgan fingerprint density at radius 1 is 1.25 bits per heavy atom. The summed E-state index contributed by atoms with van der Waals surface area (Å²) in [5.41, 5.74) is 11.3. The van der Waals surface area contributed by atoms with Gasteiger partial charge in [0.2, 0.25) is 5.41 Å². The van der Waals surface area contributed by atoms with Crippen LogP contribution in [0.3, 0.4) is 0 Å². The minimum Gasteiger partial charge on any atom is -0.484 e. The Morgan fingerprint density at radius 3 is 2.50 bits per heavy atom. The monoisotopic (exact) mass is 374 g/mol. The quantitative estimate of drug-likeness (QED) is 0.649. The Hall–Kier alpha value is -3.80. The van der Waals surface area contributed by atoms with E-state index in [1.807, 2.05) is 18.2 Å². The number of carbonyl (C=O) groups excluding carboxylic acids is 1. The third-order valence-electron chi connectivity index (χ3n) is 5.15. The van der Waals surface area contributed by atoms with E-state index in [1.165, 1.54) is 0 Å². The van der Waals surface area contributed by atoms with Gasteiger partial charge in [0.05, 0.1) is 29.5 Å². The minimum atomic E-state index is -1.63. The van der Waals surface area contributed by atoms with E-state index in [4.69, 9.17) is 16.2 Å². The Kier molecular flexibility index (Phi) is 5.04. The molecular formula is C20H18N6O2. The lowest BCUT2D eigenvalue weighted by molar-refractivity contribution is -0.119. The number of hydrogen-bond acceptors (Lipinski definition) is 7. The van der Waals surface area contributed by atoms with Crippen LogP contribution in [0.1, 0.15) is 11.5 Å². The number of primary amides is 1. The van der Waals surface area contributed by atoms with Crippen LogP contribution in [0.2, 0.25) is 0 Å². The Bertz CT molecular complexity index is 973. The first-order valence-corrected chi connectivity index (χ1v) is 8.63. The zero-order valence-electron chi connectivity index (χ0n) is 15.0. The predicted molar refractivity (Wildman–Crippen MR) is 98.8 cm³/mol. The summed E-state index contributed by atoms with van der Waals surface area (Å²) in [6, 6.07) is 13.1. The summed E-state index contributed by atoms with van der Waals surface area (Å²) >= 11 is 0. The van der Waals surface area contributed by atoms with Gasteiger partial charge in [0.15, 0.2) is 6.61 Å². The predicted octanol–water partition coefficient (Wildman–Crippen LogP) is 0.564. The van der Waals surface area contributed by atoms with Gasteiger partial charge in [-0.15, -0.1) is 0 Å². The highest BCUT2D eigenvalue weighted by Crippen LogP contribution is 2.52. The van der Waals surface area contributed by atoms with Gasteiger partial charge < -0.3 is 21.5 Å². The van der Waals surface area contributed by atoms with Crippen molar-refractivity contribution < 1.29 is 9.53 Å². The van der Waals surface area contributed by atoms with Crippen LogP contribution in [0, 0.1) is 45.3 Å². The zero-order valence-corrected chi connectivity index (χ0v) is 15.0. The molecule has 8 heteroatoms. The highest BCUT2D eigenvalue weighted by Gasteiger charge is 2.51. The molecule has 0 spiro atoms. The number of nitrogens with two attached hydrogens (primary N) is 2. The second-order valence-electron chi connectivity index (χ2n) is 6.64. The molecule has 1 heterocycles. The topological polar surface area (TPSA) is 162 Å². The number of nitrogens with one attached hydrogen (secondary N) is 1. The fourth-order valence-electron chi connectivity index (χ4n) is 3.87. The van der Waals surface area contributed by atoms with E-state index in [2.05, 4.69) is 11.4 Å². The van der Waals surface area contributed by atoms with Crippen LogP contribution in [0.5, 0.6) is 5.75 Å². The molecule has 0 radical (unpaired) electrons. The van der Waals surface area contributed by atoms with E-state index >= 15 is 0 Å². The third-order valence-corrected chi connectivity index (χ3v) is 5.15. The number of hydrogen-bond donors (Lipinski definition) is 3. The fourth-order valence-corrected chi connectivity index (χ4v) is 3.87. The molecule has 0 saturated carbocycles. The van der Waals surface area contributed by atoms with Gasteiger partial charge in [0, 0.05) is 24.9 Å². The lowest BCUT2D eigenvalue weighted by Crippen LogP contribution is -2.45. The van der Waals surface area contributed by atoms with E-state index in [0.717, 1.165) is 5.56 Å². The van der Waals surface area contributed by atoms with Crippen LogP contribution in [0.4, 0.5) is 0 Å². The summed E-state index contributed by atoms with van der Waals surface area (Å²) in [6.07, 6.45) is 1.82. The number of fused-ring (bicyclic) bond motifs is 1. The molecule has 1 aliphatic heterocycles. The standard InChI is InChI=1S/C20H18N6O2/c21-7-14-18(12-1-3-13(4-2-12)28-9-17(24)27)15-8-26-6-5-16(15)20(10-22,11-23)19(14)25/h1-5,15,18,26H,6,8-9,25H2,(H2,24,27)/t15-,18-/m0/s1. The molecule has 5 N–H and O–H groups in total. The first-order chi connectivity index (χ1) is 13.5. The highest BCUT2D eigenvalue weighted by atomic mass is 16.5. The molecule has 2 aliphatic rings. The molecule has 0 fully saturated rings. The van der Waals surface area contributed by atoms with Gasteiger partial charge >= 0.3 is 0 Å². The van der Waals surface area contributed by atoms with E-state index < -0.39 is 17.2 Å². The average Bonchev–Trinajstić information content (AvgIpc) is 2.72. The number of allylic oxidation sites excluding steroid dienone is 2. The molecular weight excluding hydrogens is 356 g/mol. The van der Waals surface area contributed by atoms with E-state index in [1.54, 1.807) is 24.3 Å². The second kappa shape index (κ2) is 7.44. The van der Waals surface area contributed by atoms with Gasteiger partial charge in [-0.1, -0.05) is 18.2 Å². The summed E-state index contributed by atoms with van der Waals surface area (Å²) in [4.78, 5) is 10.9. The van der Waals surface area contributed by atoms with Gasteiger partial charge in [-0.25, -0.2) is 0 Å². The summed E-state index contributed by atoms with van der Waals surface area (Å²) in [7, 11) is 0. The minimum absolute atomic E-state index is 0.0107. The molecule has 0 bridgehead atoms. The molecule has 8 nitrogen and oxygen atoms in total. The number of nitriles is 3. The van der Waals surface area contributed by atoms with Gasteiger partial charge in [0.1, 0.15) is 5.75 Å². The van der Waals surface area contributed by atoms with Crippen LogP contribution in [0.15, 0.2) is 47.2 Å². The number of carbonyl (C=O) groups is 1. The molecule has 3 rings (SSSR count). The molecule has 0 saturated heterocycles. The SMILES string of the molecule is N#CC1=C(N)C(C#N)(C#N)C2=CCNC[C@@H]2[C@H]1c1ccc(OCC(N)=O)cc1. The number of rotatable bonds is 4. The molecule has 1 aromatic carbocycles. The molecule has 1 aliphatic carbocycles. The molecule has 1 amide bonds. The van der Waals surface area contributed by atoms with Crippen LogP contribution >= 0.6 is 0 Å². The summed E-state index contributed by atoms with van der Waals surface area (Å²) in [5, 5.41) is 32.5. The van der Waals surface area contributed by atoms with Crippen LogP contribution in [-0.2, 0) is 4.79 Å². The largest absolute Gasteiger partial charge is 0.484 e. The van der Waals surface area contributed by atoms with Crippen molar-refractivity contribution in [2.24, 2.45) is 22.8 Å².